The second kappa shape index (κ2) is 6.85. The highest BCUT2D eigenvalue weighted by atomic mass is 32.1. The Morgan fingerprint density at radius 2 is 1.83 bits per heavy atom. The Balaban J connectivity index is 1.69. The molecule has 5 nitrogen and oxygen atoms in total. The van der Waals surface area contributed by atoms with Crippen LogP contribution in [0.25, 0.3) is 17.1 Å². The molecule has 0 fully saturated rings. The molecule has 0 aliphatic carbocycles. The van der Waals surface area contributed by atoms with Gasteiger partial charge < -0.3 is 15.6 Å². The fourth-order valence-electron chi connectivity index (χ4n) is 2.04. The minimum absolute atomic E-state index is 0.247. The standard InChI is InChI=1S/C17H14N4OS/c22-16-15(20-13-8-4-5-9-14(13)21-16)10-11-18-17(23)19-12-6-2-1-3-7-12/h1-11H,(H,21,22)(H2,18,19,23)/b11-10-. The molecular formula is C17H14N4OS. The smallest absolute Gasteiger partial charge is 0.274 e. The average Bonchev–Trinajstić information content (AvgIpc) is 2.56. The van der Waals surface area contributed by atoms with Gasteiger partial charge in [-0.2, -0.15) is 0 Å². The maximum Gasteiger partial charge on any atom is 0.274 e. The quantitative estimate of drug-likeness (QED) is 0.647. The minimum atomic E-state index is -0.247. The number of anilines is 1. The van der Waals surface area contributed by atoms with E-state index in [1.165, 1.54) is 0 Å². The summed E-state index contributed by atoms with van der Waals surface area (Å²) in [6.45, 7) is 0. The molecule has 23 heavy (non-hydrogen) atoms. The van der Waals surface area contributed by atoms with E-state index in [1.807, 2.05) is 54.6 Å². The fraction of sp³-hybridized carbons (Fsp3) is 0. The Hall–Kier alpha value is -2.99. The molecule has 0 atom stereocenters. The highest BCUT2D eigenvalue weighted by Gasteiger charge is 2.01. The number of thiocarbonyl (C=S) groups is 1. The van der Waals surface area contributed by atoms with Crippen molar-refractivity contribution in [3.63, 3.8) is 0 Å². The molecule has 0 unspecified atom stereocenters. The van der Waals surface area contributed by atoms with E-state index in [0.29, 0.717) is 16.3 Å². The van der Waals surface area contributed by atoms with Gasteiger partial charge >= 0.3 is 0 Å². The van der Waals surface area contributed by atoms with Gasteiger partial charge in [-0.1, -0.05) is 30.3 Å². The Morgan fingerprint density at radius 3 is 2.65 bits per heavy atom. The summed E-state index contributed by atoms with van der Waals surface area (Å²) in [7, 11) is 0. The largest absolute Gasteiger partial charge is 0.339 e. The molecule has 1 aromatic heterocycles. The second-order valence-electron chi connectivity index (χ2n) is 4.77. The van der Waals surface area contributed by atoms with Gasteiger partial charge in [0.1, 0.15) is 5.69 Å². The zero-order chi connectivity index (χ0) is 16.1. The van der Waals surface area contributed by atoms with Gasteiger partial charge in [-0.15, -0.1) is 0 Å². The maximum atomic E-state index is 12.0. The third-order valence-corrected chi connectivity index (χ3v) is 3.33. The van der Waals surface area contributed by atoms with Crippen LogP contribution in [-0.4, -0.2) is 15.1 Å². The summed E-state index contributed by atoms with van der Waals surface area (Å²) in [6, 6.07) is 17.0. The van der Waals surface area contributed by atoms with Crippen molar-refractivity contribution in [1.82, 2.24) is 15.3 Å². The Labute approximate surface area is 138 Å². The van der Waals surface area contributed by atoms with Crippen molar-refractivity contribution >= 4 is 40.1 Å². The Kier molecular flexibility index (Phi) is 4.44. The molecule has 0 amide bonds. The summed E-state index contributed by atoms with van der Waals surface area (Å²) in [5, 5.41) is 6.37. The molecule has 114 valence electrons. The van der Waals surface area contributed by atoms with Crippen LogP contribution in [0.4, 0.5) is 5.69 Å². The van der Waals surface area contributed by atoms with Crippen LogP contribution < -0.4 is 16.2 Å². The number of para-hydroxylation sites is 3. The maximum absolute atomic E-state index is 12.0. The van der Waals surface area contributed by atoms with Crippen LogP contribution in [0, 0.1) is 0 Å². The number of benzene rings is 2. The van der Waals surface area contributed by atoms with Crippen molar-refractivity contribution in [2.24, 2.45) is 0 Å². The van der Waals surface area contributed by atoms with E-state index in [2.05, 4.69) is 20.6 Å². The monoisotopic (exact) mass is 322 g/mol. The predicted octanol–water partition coefficient (Wildman–Crippen LogP) is 2.88. The van der Waals surface area contributed by atoms with Gasteiger partial charge in [-0.25, -0.2) is 4.98 Å². The molecule has 0 spiro atoms. The van der Waals surface area contributed by atoms with Crippen molar-refractivity contribution in [3.05, 3.63) is 76.8 Å². The van der Waals surface area contributed by atoms with Gasteiger partial charge in [0.05, 0.1) is 11.0 Å². The van der Waals surface area contributed by atoms with E-state index in [-0.39, 0.29) is 5.56 Å². The first kappa shape index (κ1) is 14.9. The van der Waals surface area contributed by atoms with Gasteiger partial charge in [-0.05, 0) is 42.6 Å². The van der Waals surface area contributed by atoms with E-state index in [9.17, 15) is 4.79 Å². The lowest BCUT2D eigenvalue weighted by Gasteiger charge is -2.06. The van der Waals surface area contributed by atoms with E-state index in [4.69, 9.17) is 12.2 Å². The van der Waals surface area contributed by atoms with E-state index in [0.717, 1.165) is 11.2 Å². The van der Waals surface area contributed by atoms with Crippen LogP contribution in [0.3, 0.4) is 0 Å². The molecule has 1 heterocycles. The summed E-state index contributed by atoms with van der Waals surface area (Å²) < 4.78 is 0. The topological polar surface area (TPSA) is 69.8 Å². The number of aromatic nitrogens is 2. The zero-order valence-corrected chi connectivity index (χ0v) is 12.9. The summed E-state index contributed by atoms with van der Waals surface area (Å²) >= 11 is 5.18. The molecule has 0 saturated carbocycles. The molecule has 0 radical (unpaired) electrons. The van der Waals surface area contributed by atoms with Crippen LogP contribution in [0.1, 0.15) is 5.69 Å². The number of nitrogens with one attached hydrogen (secondary N) is 3. The summed E-state index contributed by atoms with van der Waals surface area (Å²) in [5.74, 6) is 0. The van der Waals surface area contributed by atoms with Crippen molar-refractivity contribution in [2.45, 2.75) is 0 Å². The third kappa shape index (κ3) is 3.81. The zero-order valence-electron chi connectivity index (χ0n) is 12.1. The summed E-state index contributed by atoms with van der Waals surface area (Å²) in [5.41, 5.74) is 2.41. The predicted molar refractivity (Wildman–Crippen MR) is 97.2 cm³/mol. The number of nitrogens with zero attached hydrogens (tertiary/aromatic N) is 1. The first-order valence-corrected chi connectivity index (χ1v) is 7.41. The molecule has 0 bridgehead atoms. The first-order valence-electron chi connectivity index (χ1n) is 7.00. The van der Waals surface area contributed by atoms with E-state index < -0.39 is 0 Å². The van der Waals surface area contributed by atoms with Crippen molar-refractivity contribution in [2.75, 3.05) is 5.32 Å². The summed E-state index contributed by atoms with van der Waals surface area (Å²) in [4.78, 5) is 19.1. The molecule has 2 aromatic carbocycles. The number of hydrogen-bond acceptors (Lipinski definition) is 3. The van der Waals surface area contributed by atoms with Crippen LogP contribution >= 0.6 is 12.2 Å². The first-order chi connectivity index (χ1) is 11.2. The van der Waals surface area contributed by atoms with E-state index in [1.54, 1.807) is 12.3 Å². The molecule has 3 rings (SSSR count). The lowest BCUT2D eigenvalue weighted by molar-refractivity contribution is 1.18. The molecule has 3 N–H and O–H groups in total. The van der Waals surface area contributed by atoms with Gasteiger partial charge in [0.15, 0.2) is 5.11 Å². The average molecular weight is 322 g/mol. The van der Waals surface area contributed by atoms with Gasteiger partial charge in [0.2, 0.25) is 0 Å². The highest BCUT2D eigenvalue weighted by Crippen LogP contribution is 2.06. The number of aromatic amines is 1. The van der Waals surface area contributed by atoms with Crippen molar-refractivity contribution in [1.29, 1.82) is 0 Å². The SMILES string of the molecule is O=c1[nH]c2ccccc2nc1/C=C\NC(=S)Nc1ccccc1. The Morgan fingerprint density at radius 1 is 1.09 bits per heavy atom. The molecule has 0 aliphatic heterocycles. The molecule has 3 aromatic rings. The lowest BCUT2D eigenvalue weighted by Crippen LogP contribution is -2.23. The molecular weight excluding hydrogens is 308 g/mol. The van der Waals surface area contributed by atoms with Crippen molar-refractivity contribution in [3.8, 4) is 0 Å². The molecule has 0 saturated heterocycles. The normalized spacial score (nSPS) is 10.8. The summed E-state index contributed by atoms with van der Waals surface area (Å²) in [6.07, 6.45) is 3.18. The van der Waals surface area contributed by atoms with Crippen LogP contribution in [0.2, 0.25) is 0 Å². The fourth-order valence-corrected chi connectivity index (χ4v) is 2.23. The number of fused-ring (bicyclic) bond motifs is 1. The highest BCUT2D eigenvalue weighted by molar-refractivity contribution is 7.80. The number of hydrogen-bond donors (Lipinski definition) is 3. The van der Waals surface area contributed by atoms with Gasteiger partial charge in [-0.3, -0.25) is 4.79 Å². The Bertz CT molecular complexity index is 919. The third-order valence-electron chi connectivity index (χ3n) is 3.11. The van der Waals surface area contributed by atoms with Gasteiger partial charge in [0.25, 0.3) is 5.56 Å². The van der Waals surface area contributed by atoms with Crippen LogP contribution in [-0.2, 0) is 0 Å². The van der Waals surface area contributed by atoms with Crippen molar-refractivity contribution < 1.29 is 0 Å². The van der Waals surface area contributed by atoms with Gasteiger partial charge in [0, 0.05) is 11.9 Å². The minimum Gasteiger partial charge on any atom is -0.339 e. The van der Waals surface area contributed by atoms with Crippen LogP contribution in [0.15, 0.2) is 65.6 Å². The molecule has 6 heteroatoms. The van der Waals surface area contributed by atoms with E-state index >= 15 is 0 Å². The second-order valence-corrected chi connectivity index (χ2v) is 5.17. The van der Waals surface area contributed by atoms with Crippen LogP contribution in [0.5, 0.6) is 0 Å². The number of rotatable bonds is 3. The number of H-pyrrole nitrogens is 1. The molecule has 0 aliphatic rings. The lowest BCUT2D eigenvalue weighted by atomic mass is 10.3.